The monoisotopic (exact) mass is 566 g/mol. The Labute approximate surface area is 238 Å². The van der Waals surface area contributed by atoms with Gasteiger partial charge in [-0.05, 0) is 70.6 Å². The van der Waals surface area contributed by atoms with Crippen LogP contribution in [0.5, 0.6) is 5.75 Å². The summed E-state index contributed by atoms with van der Waals surface area (Å²) in [5, 5.41) is 20.6. The van der Waals surface area contributed by atoms with Gasteiger partial charge in [-0.1, -0.05) is 5.21 Å². The largest absolute Gasteiger partial charge is 0.476 e. The number of nitrogens with zero attached hydrogens (tertiary/aromatic N) is 5. The van der Waals surface area contributed by atoms with Crippen LogP contribution in [0.1, 0.15) is 58.2 Å². The van der Waals surface area contributed by atoms with E-state index in [1.165, 1.54) is 0 Å². The second-order valence-electron chi connectivity index (χ2n) is 12.1. The summed E-state index contributed by atoms with van der Waals surface area (Å²) in [5.41, 5.74) is -0.284. The number of H-pyrrole nitrogens is 1. The van der Waals surface area contributed by atoms with Crippen molar-refractivity contribution in [2.75, 3.05) is 43.2 Å². The smallest absolute Gasteiger partial charge is 0.270 e. The van der Waals surface area contributed by atoms with Crippen LogP contribution in [0, 0.1) is 5.92 Å². The topological polar surface area (TPSA) is 155 Å². The summed E-state index contributed by atoms with van der Waals surface area (Å²) < 4.78 is 11.3. The van der Waals surface area contributed by atoms with Crippen molar-refractivity contribution in [3.05, 3.63) is 24.0 Å². The Morgan fingerprint density at radius 3 is 2.73 bits per heavy atom. The van der Waals surface area contributed by atoms with E-state index in [0.717, 1.165) is 18.5 Å². The highest BCUT2D eigenvalue weighted by molar-refractivity contribution is 6.04. The number of nitrogens with one attached hydrogen (secondary N) is 3. The number of carbonyl (C=O) groups is 3. The molecule has 1 saturated heterocycles. The first kappa shape index (κ1) is 27.6. The zero-order valence-electron chi connectivity index (χ0n) is 23.8. The number of hydrogen-bond donors (Lipinski definition) is 3. The van der Waals surface area contributed by atoms with Crippen LogP contribution in [-0.2, 0) is 24.5 Å². The molecule has 0 spiro atoms. The van der Waals surface area contributed by atoms with Crippen molar-refractivity contribution in [1.29, 1.82) is 0 Å². The average Bonchev–Trinajstić information content (AvgIpc) is 3.90. The number of hydrogen-bond acceptors (Lipinski definition) is 9. The minimum Gasteiger partial charge on any atom is -0.476 e. The standard InChI is InChI=1S/C28H38N8O5/c1-27(2)26(39)35(11-4-12-40-3)21-14-20(7-8-22(21)41-27)36(19-5-6-19)23(37)17-13-18(16-29-15-17)30-25(38)28(9-10-28)24-31-33-34-32-24/h7-8,14,17-19,29H,4-6,9-13,15-16H2,1-3H3,(H,30,38)(H,31,32,33,34)/t17-,18+/m1/s1. The van der Waals surface area contributed by atoms with Crippen molar-refractivity contribution in [2.45, 2.75) is 75.5 Å². The quantitative estimate of drug-likeness (QED) is 0.358. The molecule has 2 atom stereocenters. The van der Waals surface area contributed by atoms with Crippen molar-refractivity contribution in [1.82, 2.24) is 31.3 Å². The van der Waals surface area contributed by atoms with Crippen LogP contribution in [0.25, 0.3) is 0 Å². The fourth-order valence-corrected chi connectivity index (χ4v) is 5.95. The maximum Gasteiger partial charge on any atom is 0.270 e. The number of amides is 3. The number of fused-ring (bicyclic) bond motifs is 1. The van der Waals surface area contributed by atoms with Crippen LogP contribution < -0.4 is 25.2 Å². The molecule has 2 aromatic rings. The third kappa shape index (κ3) is 5.28. The molecule has 13 heteroatoms. The Morgan fingerprint density at radius 1 is 1.24 bits per heavy atom. The van der Waals surface area contributed by atoms with Crippen LogP contribution in [0.3, 0.4) is 0 Å². The second kappa shape index (κ2) is 10.7. The number of carbonyl (C=O) groups excluding carboxylic acids is 3. The molecule has 13 nitrogen and oxygen atoms in total. The maximum atomic E-state index is 14.0. The van der Waals surface area contributed by atoms with Gasteiger partial charge in [-0.3, -0.25) is 14.4 Å². The van der Waals surface area contributed by atoms with Gasteiger partial charge in [0.25, 0.3) is 5.91 Å². The summed E-state index contributed by atoms with van der Waals surface area (Å²) in [4.78, 5) is 44.2. The lowest BCUT2D eigenvalue weighted by molar-refractivity contribution is -0.132. The number of aromatic amines is 1. The van der Waals surface area contributed by atoms with Gasteiger partial charge in [-0.2, -0.15) is 5.21 Å². The molecule has 0 radical (unpaired) electrons. The molecule has 2 saturated carbocycles. The molecule has 220 valence electrons. The summed E-state index contributed by atoms with van der Waals surface area (Å²) in [7, 11) is 1.64. The molecule has 0 bridgehead atoms. The summed E-state index contributed by atoms with van der Waals surface area (Å²) in [6.07, 6.45) is 4.43. The maximum absolute atomic E-state index is 14.0. The van der Waals surface area contributed by atoms with Gasteiger partial charge >= 0.3 is 0 Å². The van der Waals surface area contributed by atoms with Gasteiger partial charge in [-0.25, -0.2) is 0 Å². The lowest BCUT2D eigenvalue weighted by atomic mass is 9.93. The third-order valence-electron chi connectivity index (χ3n) is 8.51. The van der Waals surface area contributed by atoms with Crippen molar-refractivity contribution >= 4 is 29.1 Å². The molecule has 0 unspecified atom stereocenters. The van der Waals surface area contributed by atoms with Crippen molar-refractivity contribution in [3.8, 4) is 5.75 Å². The number of rotatable bonds is 10. The normalized spacial score (nSPS) is 24.3. The summed E-state index contributed by atoms with van der Waals surface area (Å²) >= 11 is 0. The van der Waals surface area contributed by atoms with Crippen molar-refractivity contribution in [2.24, 2.45) is 5.92 Å². The molecule has 2 aliphatic heterocycles. The van der Waals surface area contributed by atoms with Crippen LogP contribution in [0.4, 0.5) is 11.4 Å². The minimum absolute atomic E-state index is 0.0209. The van der Waals surface area contributed by atoms with Crippen LogP contribution >= 0.6 is 0 Å². The van der Waals surface area contributed by atoms with Gasteiger partial charge in [0.2, 0.25) is 11.8 Å². The summed E-state index contributed by atoms with van der Waals surface area (Å²) in [6.45, 7) is 5.70. The second-order valence-corrected chi connectivity index (χ2v) is 12.1. The number of ether oxygens (including phenoxy) is 2. The Kier molecular flexibility index (Phi) is 7.18. The van der Waals surface area contributed by atoms with E-state index in [2.05, 4.69) is 31.3 Å². The van der Waals surface area contributed by atoms with Gasteiger partial charge in [-0.15, -0.1) is 10.2 Å². The van der Waals surface area contributed by atoms with Crippen LogP contribution in [0.2, 0.25) is 0 Å². The number of methoxy groups -OCH3 is 1. The highest BCUT2D eigenvalue weighted by Gasteiger charge is 2.55. The Morgan fingerprint density at radius 2 is 2.05 bits per heavy atom. The number of benzene rings is 1. The third-order valence-corrected chi connectivity index (χ3v) is 8.51. The lowest BCUT2D eigenvalue weighted by Crippen LogP contribution is -2.55. The first-order valence-electron chi connectivity index (χ1n) is 14.5. The molecule has 6 rings (SSSR count). The van der Waals surface area contributed by atoms with Gasteiger partial charge in [0.1, 0.15) is 11.2 Å². The van der Waals surface area contributed by atoms with E-state index in [1.54, 1.807) is 25.9 Å². The number of tetrazole rings is 1. The molecule has 41 heavy (non-hydrogen) atoms. The Bertz CT molecular complexity index is 1310. The zero-order chi connectivity index (χ0) is 28.8. The molecule has 3 amide bonds. The van der Waals surface area contributed by atoms with E-state index in [-0.39, 0.29) is 35.7 Å². The summed E-state index contributed by atoms with van der Waals surface area (Å²) in [6, 6.07) is 5.60. The van der Waals surface area contributed by atoms with Crippen LogP contribution in [-0.4, -0.2) is 89.4 Å². The van der Waals surface area contributed by atoms with E-state index in [0.29, 0.717) is 69.2 Å². The van der Waals surface area contributed by atoms with E-state index < -0.39 is 11.0 Å². The molecular formula is C28H38N8O5. The molecule has 1 aromatic heterocycles. The van der Waals surface area contributed by atoms with Crippen LogP contribution in [0.15, 0.2) is 18.2 Å². The average molecular weight is 567 g/mol. The van der Waals surface area contributed by atoms with E-state index >= 15 is 0 Å². The van der Waals surface area contributed by atoms with E-state index in [9.17, 15) is 14.4 Å². The fraction of sp³-hybridized carbons (Fsp3) is 0.643. The number of piperidine rings is 1. The van der Waals surface area contributed by atoms with Gasteiger partial charge < -0.3 is 29.9 Å². The highest BCUT2D eigenvalue weighted by atomic mass is 16.5. The first-order valence-corrected chi connectivity index (χ1v) is 14.5. The van der Waals surface area contributed by atoms with Gasteiger partial charge in [0.15, 0.2) is 11.4 Å². The van der Waals surface area contributed by atoms with Crippen molar-refractivity contribution < 1.29 is 23.9 Å². The molecule has 4 aliphatic rings. The first-order chi connectivity index (χ1) is 19.7. The predicted octanol–water partition coefficient (Wildman–Crippen LogP) is 1.06. The molecule has 3 heterocycles. The highest BCUT2D eigenvalue weighted by Crippen LogP contribution is 2.47. The zero-order valence-corrected chi connectivity index (χ0v) is 23.8. The Balaban J connectivity index is 1.19. The molecule has 2 aliphatic carbocycles. The molecule has 3 N–H and O–H groups in total. The molecule has 3 fully saturated rings. The van der Waals surface area contributed by atoms with Gasteiger partial charge in [0.05, 0.1) is 11.6 Å². The van der Waals surface area contributed by atoms with Crippen molar-refractivity contribution in [3.63, 3.8) is 0 Å². The molecule has 1 aromatic carbocycles. The lowest BCUT2D eigenvalue weighted by Gasteiger charge is -2.40. The van der Waals surface area contributed by atoms with Gasteiger partial charge in [0, 0.05) is 51.1 Å². The van der Waals surface area contributed by atoms with E-state index in [1.807, 2.05) is 23.1 Å². The summed E-state index contributed by atoms with van der Waals surface area (Å²) in [5.74, 6) is 0.520. The molecular weight excluding hydrogens is 528 g/mol. The number of aromatic nitrogens is 4. The SMILES string of the molecule is COCCCN1C(=O)C(C)(C)Oc2ccc(N(C(=O)[C@H]3CNC[C@@H](NC(=O)C4(c5nn[nH]n5)CC4)C3)C3CC3)cc21. The fourth-order valence-electron chi connectivity index (χ4n) is 5.95. The Hall–Kier alpha value is -3.58. The number of anilines is 2. The van der Waals surface area contributed by atoms with E-state index in [4.69, 9.17) is 9.47 Å². The predicted molar refractivity (Wildman–Crippen MR) is 149 cm³/mol. The minimum atomic E-state index is -0.983.